The van der Waals surface area contributed by atoms with E-state index in [2.05, 4.69) is 80.8 Å². The van der Waals surface area contributed by atoms with Gasteiger partial charge in [0.05, 0.1) is 36.1 Å². The second-order valence-electron chi connectivity index (χ2n) is 16.5. The Labute approximate surface area is 232 Å². The van der Waals surface area contributed by atoms with E-state index < -0.39 is 0 Å². The van der Waals surface area contributed by atoms with Gasteiger partial charge >= 0.3 is 7.12 Å². The van der Waals surface area contributed by atoms with Crippen LogP contribution in [0.1, 0.15) is 113 Å². The van der Waals surface area contributed by atoms with Crippen LogP contribution in [0.3, 0.4) is 0 Å². The van der Waals surface area contributed by atoms with Crippen LogP contribution in [0.2, 0.25) is 0 Å². The molecule has 1 aromatic heterocycles. The number of ether oxygens (including phenoxy) is 2. The topological polar surface area (TPSA) is 54.7 Å². The molecule has 214 valence electrons. The van der Waals surface area contributed by atoms with E-state index in [-0.39, 0.29) is 40.9 Å². The van der Waals surface area contributed by atoms with Crippen molar-refractivity contribution in [2.45, 2.75) is 144 Å². The fourth-order valence-electron chi connectivity index (χ4n) is 9.02. The summed E-state index contributed by atoms with van der Waals surface area (Å²) >= 11 is 0. The van der Waals surface area contributed by atoms with Gasteiger partial charge in [-0.2, -0.15) is 5.10 Å². The first-order valence-electron chi connectivity index (χ1n) is 14.9. The highest BCUT2D eigenvalue weighted by Gasteiger charge is 2.66. The maximum atomic E-state index is 6.87. The monoisotopic (exact) mass is 528 g/mol. The van der Waals surface area contributed by atoms with E-state index in [9.17, 15) is 0 Å². The predicted molar refractivity (Wildman–Crippen MR) is 153 cm³/mol. The molecule has 38 heavy (non-hydrogen) atoms. The van der Waals surface area contributed by atoms with E-state index in [4.69, 9.17) is 23.9 Å². The van der Waals surface area contributed by atoms with Crippen LogP contribution in [0.5, 0.6) is 0 Å². The Bertz CT molecular complexity index is 1020. The lowest BCUT2D eigenvalue weighted by Gasteiger charge is -2.69. The summed E-state index contributed by atoms with van der Waals surface area (Å²) in [5.74, 6) is 0. The molecule has 6 rings (SSSR count). The Kier molecular flexibility index (Phi) is 6.64. The van der Waals surface area contributed by atoms with Crippen molar-refractivity contribution >= 4 is 12.6 Å². The van der Waals surface area contributed by atoms with Gasteiger partial charge in [-0.3, -0.25) is 4.68 Å². The summed E-state index contributed by atoms with van der Waals surface area (Å²) in [6.07, 6.45) is 9.46. The fraction of sp³-hybridized carbons (Fsp3) is 0.903. The Balaban J connectivity index is 1.33. The molecule has 7 heteroatoms. The highest BCUT2D eigenvalue weighted by Crippen LogP contribution is 2.72. The molecular formula is C31H53BN2O4. The van der Waals surface area contributed by atoms with Crippen molar-refractivity contribution in [2.24, 2.45) is 21.7 Å². The molecule has 4 aliphatic carbocycles. The molecule has 0 N–H and O–H groups in total. The highest BCUT2D eigenvalue weighted by molar-refractivity contribution is 6.62. The number of hydrogen-bond donors (Lipinski definition) is 0. The zero-order valence-electron chi connectivity index (χ0n) is 26.1. The smallest absolute Gasteiger partial charge is 0.399 e. The molecule has 4 saturated carbocycles. The molecule has 0 spiro atoms. The van der Waals surface area contributed by atoms with Gasteiger partial charge in [0.15, 0.2) is 0 Å². The van der Waals surface area contributed by atoms with Crippen LogP contribution in [0.4, 0.5) is 0 Å². The molecule has 3 unspecified atom stereocenters. The van der Waals surface area contributed by atoms with Gasteiger partial charge in [0.2, 0.25) is 0 Å². The lowest BCUT2D eigenvalue weighted by Crippen LogP contribution is -2.64. The average Bonchev–Trinajstić information content (AvgIpc) is 3.16. The number of nitrogens with zero attached hydrogens (tertiary/aromatic N) is 2. The van der Waals surface area contributed by atoms with Crippen molar-refractivity contribution in [3.63, 3.8) is 0 Å². The second kappa shape index (κ2) is 8.81. The third kappa shape index (κ3) is 5.03. The molecule has 5 fully saturated rings. The molecule has 0 aromatic carbocycles. The molecule has 1 aromatic rings. The maximum absolute atomic E-state index is 6.87. The average molecular weight is 529 g/mol. The van der Waals surface area contributed by atoms with Gasteiger partial charge in [0, 0.05) is 23.9 Å². The number of hydrogen-bond acceptors (Lipinski definition) is 5. The molecule has 5 aliphatic rings. The van der Waals surface area contributed by atoms with Crippen LogP contribution in [0, 0.1) is 28.6 Å². The van der Waals surface area contributed by atoms with Crippen LogP contribution < -0.4 is 5.46 Å². The van der Waals surface area contributed by atoms with Crippen molar-refractivity contribution in [3.05, 3.63) is 11.9 Å². The van der Waals surface area contributed by atoms with Gasteiger partial charge in [-0.15, -0.1) is 0 Å². The maximum Gasteiger partial charge on any atom is 0.498 e. The van der Waals surface area contributed by atoms with Crippen LogP contribution in [0.25, 0.3) is 0 Å². The van der Waals surface area contributed by atoms with Crippen molar-refractivity contribution in [2.75, 3.05) is 13.2 Å². The molecule has 0 amide bonds. The summed E-state index contributed by atoms with van der Waals surface area (Å²) < 4.78 is 28.0. The lowest BCUT2D eigenvalue weighted by molar-refractivity contribution is -0.251. The molecule has 2 heterocycles. The fourth-order valence-corrected chi connectivity index (χ4v) is 9.02. The first kappa shape index (κ1) is 28.6. The summed E-state index contributed by atoms with van der Waals surface area (Å²) in [6.45, 7) is 26.8. The largest absolute Gasteiger partial charge is 0.498 e. The zero-order valence-corrected chi connectivity index (χ0v) is 26.1. The van der Waals surface area contributed by atoms with Gasteiger partial charge < -0.3 is 18.8 Å². The zero-order chi connectivity index (χ0) is 28.0. The van der Waals surface area contributed by atoms with Gasteiger partial charge in [0.1, 0.15) is 0 Å². The quantitative estimate of drug-likeness (QED) is 0.303. The first-order valence-corrected chi connectivity index (χ1v) is 14.9. The third-order valence-corrected chi connectivity index (χ3v) is 10.9. The van der Waals surface area contributed by atoms with E-state index in [0.717, 1.165) is 24.1 Å². The molecule has 1 aliphatic heterocycles. The molecule has 6 nitrogen and oxygen atoms in total. The first-order chi connectivity index (χ1) is 17.3. The van der Waals surface area contributed by atoms with Crippen LogP contribution in [-0.2, 0) is 25.3 Å². The summed E-state index contributed by atoms with van der Waals surface area (Å²) in [5, 5.41) is 4.91. The highest BCUT2D eigenvalue weighted by atomic mass is 16.7. The Morgan fingerprint density at radius 1 is 0.921 bits per heavy atom. The molecule has 4 bridgehead atoms. The van der Waals surface area contributed by atoms with Crippen LogP contribution >= 0.6 is 0 Å². The van der Waals surface area contributed by atoms with Crippen LogP contribution in [-0.4, -0.2) is 53.0 Å². The molecule has 3 atom stereocenters. The predicted octanol–water partition coefficient (Wildman–Crippen LogP) is 6.08. The van der Waals surface area contributed by atoms with Gasteiger partial charge in [-0.1, -0.05) is 34.6 Å². The van der Waals surface area contributed by atoms with E-state index in [1.165, 1.54) is 32.1 Å². The summed E-state index contributed by atoms with van der Waals surface area (Å²) in [4.78, 5) is 0. The third-order valence-electron chi connectivity index (χ3n) is 10.9. The minimum atomic E-state index is -0.370. The summed E-state index contributed by atoms with van der Waals surface area (Å²) in [5.41, 5.74) is 2.44. The van der Waals surface area contributed by atoms with Gasteiger partial charge in [-0.05, 0) is 102 Å². The van der Waals surface area contributed by atoms with Crippen molar-refractivity contribution in [1.29, 1.82) is 0 Å². The van der Waals surface area contributed by atoms with Crippen molar-refractivity contribution < 1.29 is 18.8 Å². The molecular weight excluding hydrogens is 475 g/mol. The van der Waals surface area contributed by atoms with Gasteiger partial charge in [-0.25, -0.2) is 0 Å². The molecule has 0 radical (unpaired) electrons. The summed E-state index contributed by atoms with van der Waals surface area (Å²) in [6, 6.07) is 0. The molecule has 1 saturated heterocycles. The minimum absolute atomic E-state index is 0.0534. The Morgan fingerprint density at radius 3 is 2.05 bits per heavy atom. The number of rotatable bonds is 8. The Hall–Kier alpha value is -0.885. The standard InChI is InChI=1S/C31H53BN2O4/c1-22-24(32-37-26(6,7)27(8,9)38-32)14-33-34(22)21-30-16-28(10)15-29(11,17-30)19-31(18-28,20-30)36-13-12-35-23(2)25(3,4)5/h14,23H,12-13,15-21H2,1-11H3. The SMILES string of the molecule is Cc1c(B2OC(C)(C)C(C)(C)O2)cnn1CC12CC3(C)CC(C)(C1)CC(OCCOC(C)C(C)(C)C)(C3)C2. The van der Waals surface area contributed by atoms with Crippen molar-refractivity contribution in [1.82, 2.24) is 9.78 Å². The van der Waals surface area contributed by atoms with Gasteiger partial charge in [0.25, 0.3) is 0 Å². The van der Waals surface area contributed by atoms with Crippen LogP contribution in [0.15, 0.2) is 6.20 Å². The summed E-state index contributed by atoms with van der Waals surface area (Å²) in [7, 11) is -0.370. The number of aromatic nitrogens is 2. The van der Waals surface area contributed by atoms with E-state index in [0.29, 0.717) is 24.0 Å². The lowest BCUT2D eigenvalue weighted by atomic mass is 9.39. The minimum Gasteiger partial charge on any atom is -0.399 e. The second-order valence-corrected chi connectivity index (χ2v) is 16.5. The van der Waals surface area contributed by atoms with E-state index in [1.54, 1.807) is 0 Å². The van der Waals surface area contributed by atoms with E-state index in [1.807, 2.05) is 6.20 Å². The van der Waals surface area contributed by atoms with Crippen molar-refractivity contribution in [3.8, 4) is 0 Å². The normalized spacial score (nSPS) is 38.2. The Morgan fingerprint density at radius 2 is 1.50 bits per heavy atom. The van der Waals surface area contributed by atoms with E-state index >= 15 is 0 Å².